The Morgan fingerprint density at radius 3 is 3.22 bits per heavy atom. The van der Waals surface area contributed by atoms with Crippen molar-refractivity contribution in [1.82, 2.24) is 30.2 Å². The minimum Gasteiger partial charge on any atom is -0.376 e. The summed E-state index contributed by atoms with van der Waals surface area (Å²) in [6, 6.07) is 5.86. The number of aromatic nitrogens is 6. The molecule has 0 amide bonds. The van der Waals surface area contributed by atoms with E-state index in [0.717, 1.165) is 42.0 Å². The van der Waals surface area contributed by atoms with Gasteiger partial charge in [0.2, 0.25) is 0 Å². The second kappa shape index (κ2) is 8.13. The van der Waals surface area contributed by atoms with Gasteiger partial charge in [-0.2, -0.15) is 0 Å². The van der Waals surface area contributed by atoms with E-state index in [2.05, 4.69) is 30.8 Å². The number of nitrogens with one attached hydrogen (secondary N) is 2. The zero-order valence-corrected chi connectivity index (χ0v) is 15.2. The lowest BCUT2D eigenvalue weighted by molar-refractivity contribution is 0.0926. The number of rotatable bonds is 7. The normalized spacial score (nSPS) is 18.8. The van der Waals surface area contributed by atoms with Gasteiger partial charge in [-0.25, -0.2) is 9.67 Å². The standard InChI is InChI=1S/C19H23N7O/c1-2-3-4-7-17(22-14-8-9-16-18(11-14)21-13-20-16)19-23-24-25-26(19)12-15-6-5-10-27-15/h2-4,7-9,11,13,15,17,22H,5-6,10,12H2,1H3,(H,20,21)/b3-2+,7-4+. The first-order valence-electron chi connectivity index (χ1n) is 9.20. The molecular weight excluding hydrogens is 342 g/mol. The molecule has 1 fully saturated rings. The molecule has 1 aliphatic rings. The van der Waals surface area contributed by atoms with Gasteiger partial charge in [0.1, 0.15) is 6.04 Å². The number of ether oxygens (including phenoxy) is 1. The maximum absolute atomic E-state index is 5.74. The van der Waals surface area contributed by atoms with Crippen LogP contribution in [-0.4, -0.2) is 42.9 Å². The van der Waals surface area contributed by atoms with E-state index in [1.54, 1.807) is 6.33 Å². The predicted octanol–water partition coefficient (Wildman–Crippen LogP) is 3.01. The van der Waals surface area contributed by atoms with E-state index >= 15 is 0 Å². The third kappa shape index (κ3) is 4.06. The molecule has 0 radical (unpaired) electrons. The summed E-state index contributed by atoms with van der Waals surface area (Å²) in [5.41, 5.74) is 2.87. The number of allylic oxidation sites excluding steroid dienone is 3. The van der Waals surface area contributed by atoms with E-state index in [9.17, 15) is 0 Å². The molecule has 140 valence electrons. The number of hydrogen-bond donors (Lipinski definition) is 2. The number of fused-ring (bicyclic) bond motifs is 1. The summed E-state index contributed by atoms with van der Waals surface area (Å²) in [5, 5.41) is 15.9. The number of aromatic amines is 1. The molecule has 2 N–H and O–H groups in total. The fourth-order valence-corrected chi connectivity index (χ4v) is 3.23. The van der Waals surface area contributed by atoms with Crippen molar-refractivity contribution in [3.8, 4) is 0 Å². The monoisotopic (exact) mass is 365 g/mol. The minimum atomic E-state index is -0.172. The molecule has 4 rings (SSSR count). The Labute approximate surface area is 157 Å². The number of hydrogen-bond acceptors (Lipinski definition) is 6. The smallest absolute Gasteiger partial charge is 0.177 e. The van der Waals surface area contributed by atoms with Crippen LogP contribution in [0.25, 0.3) is 11.0 Å². The molecule has 2 unspecified atom stereocenters. The van der Waals surface area contributed by atoms with Crippen LogP contribution in [0.4, 0.5) is 5.69 Å². The quantitative estimate of drug-likeness (QED) is 0.625. The maximum atomic E-state index is 5.74. The molecule has 0 saturated carbocycles. The van der Waals surface area contributed by atoms with Crippen molar-refractivity contribution in [2.45, 2.75) is 38.5 Å². The van der Waals surface area contributed by atoms with Gasteiger partial charge in [0, 0.05) is 12.3 Å². The Morgan fingerprint density at radius 1 is 1.41 bits per heavy atom. The highest BCUT2D eigenvalue weighted by molar-refractivity contribution is 5.78. The average molecular weight is 365 g/mol. The topological polar surface area (TPSA) is 93.5 Å². The Morgan fingerprint density at radius 2 is 2.37 bits per heavy atom. The van der Waals surface area contributed by atoms with Crippen molar-refractivity contribution in [2.24, 2.45) is 0 Å². The van der Waals surface area contributed by atoms with Gasteiger partial charge in [-0.05, 0) is 48.4 Å². The Kier molecular flexibility index (Phi) is 5.24. The lowest BCUT2D eigenvalue weighted by Gasteiger charge is -2.17. The molecule has 8 nitrogen and oxygen atoms in total. The van der Waals surface area contributed by atoms with E-state index < -0.39 is 0 Å². The molecule has 1 aromatic carbocycles. The zero-order chi connectivity index (χ0) is 18.5. The fraction of sp³-hybridized carbons (Fsp3) is 0.368. The van der Waals surface area contributed by atoms with Crippen molar-refractivity contribution in [1.29, 1.82) is 0 Å². The van der Waals surface area contributed by atoms with Gasteiger partial charge in [-0.15, -0.1) is 5.10 Å². The van der Waals surface area contributed by atoms with Crippen LogP contribution in [0.15, 0.2) is 48.8 Å². The van der Waals surface area contributed by atoms with Crippen molar-refractivity contribution in [2.75, 3.05) is 11.9 Å². The third-order valence-corrected chi connectivity index (χ3v) is 4.59. The second-order valence-corrected chi connectivity index (χ2v) is 6.52. The SMILES string of the molecule is C/C=C/C=C/C(Nc1ccc2[nH]cnc2c1)c1nnnn1CC1CCCO1. The lowest BCUT2D eigenvalue weighted by atomic mass is 10.2. The number of nitrogens with zero attached hydrogens (tertiary/aromatic N) is 5. The van der Waals surface area contributed by atoms with Gasteiger partial charge in [0.05, 0.1) is 30.0 Å². The van der Waals surface area contributed by atoms with Gasteiger partial charge in [0.25, 0.3) is 0 Å². The Hall–Kier alpha value is -3.00. The van der Waals surface area contributed by atoms with Crippen LogP contribution in [0, 0.1) is 0 Å². The number of H-pyrrole nitrogens is 1. The van der Waals surface area contributed by atoms with E-state index in [1.807, 2.05) is 54.1 Å². The van der Waals surface area contributed by atoms with Gasteiger partial charge in [-0.1, -0.05) is 24.3 Å². The first kappa shape index (κ1) is 17.4. The summed E-state index contributed by atoms with van der Waals surface area (Å²) in [4.78, 5) is 7.43. The van der Waals surface area contributed by atoms with E-state index in [-0.39, 0.29) is 12.1 Å². The van der Waals surface area contributed by atoms with Crippen LogP contribution in [0.5, 0.6) is 0 Å². The van der Waals surface area contributed by atoms with Crippen LogP contribution >= 0.6 is 0 Å². The van der Waals surface area contributed by atoms with E-state index in [4.69, 9.17) is 4.74 Å². The number of anilines is 1. The van der Waals surface area contributed by atoms with Gasteiger partial charge >= 0.3 is 0 Å². The molecule has 3 aromatic rings. The largest absolute Gasteiger partial charge is 0.376 e. The van der Waals surface area contributed by atoms with E-state index in [0.29, 0.717) is 6.54 Å². The molecule has 3 heterocycles. The molecule has 27 heavy (non-hydrogen) atoms. The molecule has 0 spiro atoms. The highest BCUT2D eigenvalue weighted by atomic mass is 16.5. The lowest BCUT2D eigenvalue weighted by Crippen LogP contribution is -2.21. The van der Waals surface area contributed by atoms with Crippen LogP contribution < -0.4 is 5.32 Å². The summed E-state index contributed by atoms with van der Waals surface area (Å²) in [7, 11) is 0. The second-order valence-electron chi connectivity index (χ2n) is 6.52. The van der Waals surface area contributed by atoms with Crippen LogP contribution in [0.1, 0.15) is 31.6 Å². The molecule has 2 aromatic heterocycles. The Balaban J connectivity index is 1.59. The van der Waals surface area contributed by atoms with Crippen molar-refractivity contribution in [3.63, 3.8) is 0 Å². The van der Waals surface area contributed by atoms with Crippen LogP contribution in [0.2, 0.25) is 0 Å². The highest BCUT2D eigenvalue weighted by Gasteiger charge is 2.22. The minimum absolute atomic E-state index is 0.172. The number of tetrazole rings is 1. The molecule has 0 bridgehead atoms. The maximum Gasteiger partial charge on any atom is 0.177 e. The molecule has 1 aliphatic heterocycles. The summed E-state index contributed by atoms with van der Waals surface area (Å²) >= 11 is 0. The van der Waals surface area contributed by atoms with Crippen molar-refractivity contribution < 1.29 is 4.74 Å². The van der Waals surface area contributed by atoms with Crippen LogP contribution in [-0.2, 0) is 11.3 Å². The average Bonchev–Trinajstić information content (AvgIpc) is 3.43. The molecule has 0 aliphatic carbocycles. The summed E-state index contributed by atoms with van der Waals surface area (Å²) < 4.78 is 7.57. The van der Waals surface area contributed by atoms with Crippen LogP contribution in [0.3, 0.4) is 0 Å². The molecule has 2 atom stereocenters. The van der Waals surface area contributed by atoms with Gasteiger partial charge in [0.15, 0.2) is 5.82 Å². The molecule has 8 heteroatoms. The molecular formula is C19H23N7O. The fourth-order valence-electron chi connectivity index (χ4n) is 3.23. The highest BCUT2D eigenvalue weighted by Crippen LogP contribution is 2.23. The van der Waals surface area contributed by atoms with Crippen molar-refractivity contribution >= 4 is 16.7 Å². The van der Waals surface area contributed by atoms with E-state index in [1.165, 1.54) is 0 Å². The Bertz CT molecular complexity index is 936. The predicted molar refractivity (Wildman–Crippen MR) is 103 cm³/mol. The zero-order valence-electron chi connectivity index (χ0n) is 15.2. The number of benzene rings is 1. The molecule has 1 saturated heterocycles. The first-order chi connectivity index (χ1) is 13.3. The van der Waals surface area contributed by atoms with Gasteiger partial charge < -0.3 is 15.0 Å². The summed E-state index contributed by atoms with van der Waals surface area (Å²) in [6.45, 7) is 3.46. The number of imidazole rings is 1. The van der Waals surface area contributed by atoms with Crippen molar-refractivity contribution in [3.05, 3.63) is 54.7 Å². The van der Waals surface area contributed by atoms with Gasteiger partial charge in [-0.3, -0.25) is 0 Å². The third-order valence-electron chi connectivity index (χ3n) is 4.59. The summed E-state index contributed by atoms with van der Waals surface area (Å²) in [5.74, 6) is 0.758. The first-order valence-corrected chi connectivity index (χ1v) is 9.20. The summed E-state index contributed by atoms with van der Waals surface area (Å²) in [6.07, 6.45) is 12.0.